The first-order chi connectivity index (χ1) is 15.6. The highest BCUT2D eigenvalue weighted by atomic mass is 35.5. The number of nitrogens with one attached hydrogen (secondary N) is 1. The molecule has 33 heavy (non-hydrogen) atoms. The van der Waals surface area contributed by atoms with Crippen molar-refractivity contribution >= 4 is 34.8 Å². The SMILES string of the molecule is CC1Oc2ccc(NC(=O)c3ccc(C(C)(C)C)cc3)cc2N(Cc2ccccc2Cl)C1=O. The van der Waals surface area contributed by atoms with E-state index >= 15 is 0 Å². The van der Waals surface area contributed by atoms with Gasteiger partial charge in [-0.1, -0.05) is 62.7 Å². The lowest BCUT2D eigenvalue weighted by Gasteiger charge is -2.33. The largest absolute Gasteiger partial charge is 0.479 e. The molecule has 4 rings (SSSR count). The summed E-state index contributed by atoms with van der Waals surface area (Å²) in [7, 11) is 0. The van der Waals surface area contributed by atoms with Gasteiger partial charge in [-0.2, -0.15) is 0 Å². The van der Waals surface area contributed by atoms with Crippen LogP contribution < -0.4 is 15.0 Å². The van der Waals surface area contributed by atoms with E-state index < -0.39 is 6.10 Å². The molecule has 1 aliphatic rings. The maximum absolute atomic E-state index is 12.9. The molecule has 0 saturated heterocycles. The van der Waals surface area contributed by atoms with Crippen LogP contribution >= 0.6 is 11.6 Å². The zero-order valence-corrected chi connectivity index (χ0v) is 19.9. The maximum Gasteiger partial charge on any atom is 0.268 e. The number of rotatable bonds is 4. The number of anilines is 2. The molecule has 5 nitrogen and oxygen atoms in total. The Kier molecular flexibility index (Phi) is 6.17. The summed E-state index contributed by atoms with van der Waals surface area (Å²) < 4.78 is 5.79. The third kappa shape index (κ3) is 4.88. The Labute approximate surface area is 199 Å². The maximum atomic E-state index is 12.9. The van der Waals surface area contributed by atoms with Crippen molar-refractivity contribution in [1.82, 2.24) is 0 Å². The predicted molar refractivity (Wildman–Crippen MR) is 132 cm³/mol. The van der Waals surface area contributed by atoms with E-state index in [0.717, 1.165) is 11.1 Å². The number of hydrogen-bond donors (Lipinski definition) is 1. The number of carbonyl (C=O) groups excluding carboxylic acids is 2. The monoisotopic (exact) mass is 462 g/mol. The normalized spacial score (nSPS) is 15.6. The summed E-state index contributed by atoms with van der Waals surface area (Å²) in [6.45, 7) is 8.43. The minimum Gasteiger partial charge on any atom is -0.479 e. The minimum atomic E-state index is -0.609. The quantitative estimate of drug-likeness (QED) is 0.501. The molecule has 0 aliphatic carbocycles. The van der Waals surface area contributed by atoms with Crippen LogP contribution in [-0.4, -0.2) is 17.9 Å². The molecule has 1 N–H and O–H groups in total. The fourth-order valence-electron chi connectivity index (χ4n) is 3.77. The third-order valence-electron chi connectivity index (χ3n) is 5.72. The number of ether oxygens (including phenoxy) is 1. The van der Waals surface area contributed by atoms with Crippen LogP contribution in [0.15, 0.2) is 66.7 Å². The van der Waals surface area contributed by atoms with Crippen molar-refractivity contribution in [2.75, 3.05) is 10.2 Å². The Bertz CT molecular complexity index is 1200. The zero-order chi connectivity index (χ0) is 23.8. The van der Waals surface area contributed by atoms with E-state index in [4.69, 9.17) is 16.3 Å². The number of amides is 2. The second-order valence-electron chi connectivity index (χ2n) is 9.24. The Morgan fingerprint density at radius 3 is 2.42 bits per heavy atom. The Morgan fingerprint density at radius 1 is 1.06 bits per heavy atom. The molecule has 2 amide bonds. The molecule has 1 unspecified atom stereocenters. The Morgan fingerprint density at radius 2 is 1.76 bits per heavy atom. The molecule has 0 aromatic heterocycles. The van der Waals surface area contributed by atoms with Crippen LogP contribution in [0, 0.1) is 0 Å². The van der Waals surface area contributed by atoms with Crippen molar-refractivity contribution in [3.8, 4) is 5.75 Å². The second kappa shape index (κ2) is 8.91. The molecule has 0 bridgehead atoms. The zero-order valence-electron chi connectivity index (χ0n) is 19.2. The number of hydrogen-bond acceptors (Lipinski definition) is 3. The van der Waals surface area contributed by atoms with Gasteiger partial charge in [0.2, 0.25) is 0 Å². The topological polar surface area (TPSA) is 58.6 Å². The van der Waals surface area contributed by atoms with Crippen LogP contribution in [0.2, 0.25) is 5.02 Å². The van der Waals surface area contributed by atoms with Crippen molar-refractivity contribution < 1.29 is 14.3 Å². The van der Waals surface area contributed by atoms with Crippen molar-refractivity contribution in [1.29, 1.82) is 0 Å². The number of nitrogens with zero attached hydrogens (tertiary/aromatic N) is 1. The van der Waals surface area contributed by atoms with Gasteiger partial charge in [0.15, 0.2) is 6.10 Å². The lowest BCUT2D eigenvalue weighted by atomic mass is 9.87. The van der Waals surface area contributed by atoms with Gasteiger partial charge in [0.05, 0.1) is 12.2 Å². The van der Waals surface area contributed by atoms with Gasteiger partial charge < -0.3 is 15.0 Å². The van der Waals surface area contributed by atoms with E-state index in [1.54, 1.807) is 36.1 Å². The van der Waals surface area contributed by atoms with Crippen molar-refractivity contribution in [3.05, 3.63) is 88.4 Å². The van der Waals surface area contributed by atoms with Crippen LogP contribution in [0.1, 0.15) is 49.2 Å². The smallest absolute Gasteiger partial charge is 0.268 e. The first-order valence-electron chi connectivity index (χ1n) is 10.9. The van der Waals surface area contributed by atoms with E-state index in [1.807, 2.05) is 42.5 Å². The van der Waals surface area contributed by atoms with Crippen LogP contribution in [0.25, 0.3) is 0 Å². The number of carbonyl (C=O) groups is 2. The van der Waals surface area contributed by atoms with E-state index in [9.17, 15) is 9.59 Å². The molecule has 170 valence electrons. The first kappa shape index (κ1) is 22.9. The van der Waals surface area contributed by atoms with Crippen LogP contribution in [0.5, 0.6) is 5.75 Å². The highest BCUT2D eigenvalue weighted by Crippen LogP contribution is 2.38. The molecule has 0 saturated carbocycles. The lowest BCUT2D eigenvalue weighted by molar-refractivity contribution is -0.125. The molecule has 1 atom stereocenters. The molecule has 0 fully saturated rings. The predicted octanol–water partition coefficient (Wildman–Crippen LogP) is 6.20. The summed E-state index contributed by atoms with van der Waals surface area (Å²) in [5.74, 6) is 0.204. The molecule has 3 aromatic rings. The summed E-state index contributed by atoms with van der Waals surface area (Å²) >= 11 is 6.34. The van der Waals surface area contributed by atoms with Gasteiger partial charge in [0.1, 0.15) is 5.75 Å². The van der Waals surface area contributed by atoms with E-state index in [0.29, 0.717) is 34.3 Å². The van der Waals surface area contributed by atoms with E-state index in [1.165, 1.54) is 0 Å². The standard InChI is InChI=1S/C27H27ClN2O3/c1-17-26(32)30(16-19-7-5-6-8-22(19)28)23-15-21(13-14-24(23)33-17)29-25(31)18-9-11-20(12-10-18)27(2,3)4/h5-15,17H,16H2,1-4H3,(H,29,31). The second-order valence-corrected chi connectivity index (χ2v) is 9.65. The fourth-order valence-corrected chi connectivity index (χ4v) is 3.97. The highest BCUT2D eigenvalue weighted by molar-refractivity contribution is 6.31. The van der Waals surface area contributed by atoms with Gasteiger partial charge in [-0.15, -0.1) is 0 Å². The van der Waals surface area contributed by atoms with E-state index in [-0.39, 0.29) is 17.2 Å². The van der Waals surface area contributed by atoms with E-state index in [2.05, 4.69) is 26.1 Å². The van der Waals surface area contributed by atoms with Gasteiger partial charge in [-0.05, 0) is 59.9 Å². The van der Waals surface area contributed by atoms with Crippen molar-refractivity contribution in [2.45, 2.75) is 45.8 Å². The lowest BCUT2D eigenvalue weighted by Crippen LogP contribution is -2.44. The molecule has 1 heterocycles. The number of benzene rings is 3. The molecular weight excluding hydrogens is 436 g/mol. The average Bonchev–Trinajstić information content (AvgIpc) is 2.78. The minimum absolute atomic E-state index is 0.0162. The van der Waals surface area contributed by atoms with Gasteiger partial charge in [0.25, 0.3) is 11.8 Å². The first-order valence-corrected chi connectivity index (χ1v) is 11.3. The van der Waals surface area contributed by atoms with Gasteiger partial charge >= 0.3 is 0 Å². The van der Waals surface area contributed by atoms with Crippen molar-refractivity contribution in [3.63, 3.8) is 0 Å². The summed E-state index contributed by atoms with van der Waals surface area (Å²) in [5.41, 5.74) is 3.75. The van der Waals surface area contributed by atoms with Gasteiger partial charge in [-0.3, -0.25) is 9.59 Å². The molecule has 0 radical (unpaired) electrons. The molecule has 1 aliphatic heterocycles. The van der Waals surface area contributed by atoms with Gasteiger partial charge in [0, 0.05) is 16.3 Å². The number of fused-ring (bicyclic) bond motifs is 1. The van der Waals surface area contributed by atoms with Crippen molar-refractivity contribution in [2.24, 2.45) is 0 Å². The summed E-state index contributed by atoms with van der Waals surface area (Å²) in [5, 5.41) is 3.52. The molecule has 6 heteroatoms. The summed E-state index contributed by atoms with van der Waals surface area (Å²) in [6, 6.07) is 20.3. The molecule has 3 aromatic carbocycles. The molecular formula is C27H27ClN2O3. The van der Waals surface area contributed by atoms with Crippen LogP contribution in [0.4, 0.5) is 11.4 Å². The highest BCUT2D eigenvalue weighted by Gasteiger charge is 2.32. The fraction of sp³-hybridized carbons (Fsp3) is 0.259. The summed E-state index contributed by atoms with van der Waals surface area (Å²) in [6.07, 6.45) is -0.609. The third-order valence-corrected chi connectivity index (χ3v) is 6.09. The number of halogens is 1. The van der Waals surface area contributed by atoms with Crippen LogP contribution in [-0.2, 0) is 16.8 Å². The van der Waals surface area contributed by atoms with Crippen LogP contribution in [0.3, 0.4) is 0 Å². The summed E-state index contributed by atoms with van der Waals surface area (Å²) in [4.78, 5) is 27.4. The van der Waals surface area contributed by atoms with Gasteiger partial charge in [-0.25, -0.2) is 0 Å². The Balaban J connectivity index is 1.60. The average molecular weight is 463 g/mol. The molecule has 0 spiro atoms. The Hall–Kier alpha value is -3.31.